The first-order chi connectivity index (χ1) is 19.1. The highest BCUT2D eigenvalue weighted by Gasteiger charge is 2.54. The number of rotatable bonds is 8. The van der Waals surface area contributed by atoms with E-state index in [2.05, 4.69) is 0 Å². The molecule has 3 aromatic carbocycles. The van der Waals surface area contributed by atoms with E-state index >= 15 is 0 Å². The third-order valence-electron chi connectivity index (χ3n) is 6.68. The smallest absolute Gasteiger partial charge is 0.297 e. The summed E-state index contributed by atoms with van der Waals surface area (Å²) in [5.41, 5.74) is 2.39. The molecule has 2 fully saturated rings. The lowest BCUT2D eigenvalue weighted by molar-refractivity contribution is -0.351. The third-order valence-corrected chi connectivity index (χ3v) is 9.33. The number of methoxy groups -OCH3 is 1. The van der Waals surface area contributed by atoms with Crippen molar-refractivity contribution in [1.82, 2.24) is 0 Å². The molecule has 12 heteroatoms. The van der Waals surface area contributed by atoms with Gasteiger partial charge in [-0.3, -0.25) is 8.37 Å². The monoisotopic (exact) mass is 590 g/mol. The van der Waals surface area contributed by atoms with Gasteiger partial charge in [-0.2, -0.15) is 16.8 Å². The maximum absolute atomic E-state index is 13.5. The minimum atomic E-state index is -4.41. The Morgan fingerprint density at radius 3 is 1.75 bits per heavy atom. The fourth-order valence-corrected chi connectivity index (χ4v) is 6.71. The number of hydrogen-bond donors (Lipinski definition) is 0. The van der Waals surface area contributed by atoms with Crippen molar-refractivity contribution < 1.29 is 44.1 Å². The highest BCUT2D eigenvalue weighted by atomic mass is 32.2. The predicted octanol–water partition coefficient (Wildman–Crippen LogP) is 3.64. The standard InChI is InChI=1S/C28H30O10S2/c1-18-9-13-21(14-10-18)39(29,30)37-25-24-23(17-34-27(36-24)20-7-5-4-6-8-20)35-28(33-3)26(25)38-40(31,32)22-15-11-19(2)12-16-22/h4-16,23-28H,17H2,1-3H3/t23-,24-,25-,26-,27+,28+/m1/s1. The molecular weight excluding hydrogens is 560 g/mol. The van der Waals surface area contributed by atoms with Crippen LogP contribution in [0.2, 0.25) is 0 Å². The van der Waals surface area contributed by atoms with Gasteiger partial charge in [0.1, 0.15) is 18.3 Å². The second-order valence-corrected chi connectivity index (χ2v) is 12.8. The first kappa shape index (κ1) is 28.8. The number of benzene rings is 3. The minimum absolute atomic E-state index is 0.00591. The topological polar surface area (TPSA) is 124 Å². The van der Waals surface area contributed by atoms with Crippen LogP contribution in [0.25, 0.3) is 0 Å². The Bertz CT molecular complexity index is 1510. The van der Waals surface area contributed by atoms with E-state index < -0.39 is 57.2 Å². The molecule has 0 amide bonds. The summed E-state index contributed by atoms with van der Waals surface area (Å²) in [7, 11) is -7.52. The van der Waals surface area contributed by atoms with Gasteiger partial charge in [-0.05, 0) is 38.1 Å². The molecule has 2 aliphatic rings. The largest absolute Gasteiger partial charge is 0.353 e. The Morgan fingerprint density at radius 1 is 0.700 bits per heavy atom. The molecule has 10 nitrogen and oxygen atoms in total. The van der Waals surface area contributed by atoms with E-state index in [-0.39, 0.29) is 16.4 Å². The van der Waals surface area contributed by atoms with Crippen LogP contribution in [0.3, 0.4) is 0 Å². The summed E-state index contributed by atoms with van der Waals surface area (Å²) >= 11 is 0. The second kappa shape index (κ2) is 11.7. The van der Waals surface area contributed by atoms with Crippen LogP contribution in [0.15, 0.2) is 88.7 Å². The fraction of sp³-hybridized carbons (Fsp3) is 0.357. The second-order valence-electron chi connectivity index (χ2n) is 9.61. The van der Waals surface area contributed by atoms with E-state index in [1.165, 1.54) is 31.4 Å². The summed E-state index contributed by atoms with van der Waals surface area (Å²) in [5, 5.41) is 0. The molecule has 0 spiro atoms. The number of aryl methyl sites for hydroxylation is 2. The van der Waals surface area contributed by atoms with Crippen molar-refractivity contribution in [3.8, 4) is 0 Å². The summed E-state index contributed by atoms with van der Waals surface area (Å²) in [6, 6.07) is 21.2. The number of fused-ring (bicyclic) bond motifs is 1. The van der Waals surface area contributed by atoms with Crippen molar-refractivity contribution in [2.24, 2.45) is 0 Å². The number of ether oxygens (including phenoxy) is 4. The Hall–Kier alpha value is -2.68. The van der Waals surface area contributed by atoms with Crippen LogP contribution in [0.5, 0.6) is 0 Å². The summed E-state index contributed by atoms with van der Waals surface area (Å²) in [5.74, 6) is 0. The van der Waals surface area contributed by atoms with Crippen LogP contribution >= 0.6 is 0 Å². The average molecular weight is 591 g/mol. The summed E-state index contributed by atoms with van der Waals surface area (Å²) in [6.45, 7) is 3.65. The lowest BCUT2D eigenvalue weighted by atomic mass is 9.98. The molecule has 0 bridgehead atoms. The zero-order valence-electron chi connectivity index (χ0n) is 22.1. The van der Waals surface area contributed by atoms with E-state index in [9.17, 15) is 16.8 Å². The van der Waals surface area contributed by atoms with E-state index in [0.29, 0.717) is 5.56 Å². The Balaban J connectivity index is 1.53. The quantitative estimate of drug-likeness (QED) is 0.359. The van der Waals surface area contributed by atoms with Crippen molar-refractivity contribution in [3.63, 3.8) is 0 Å². The van der Waals surface area contributed by atoms with Crippen LogP contribution in [0, 0.1) is 13.8 Å². The zero-order valence-corrected chi connectivity index (χ0v) is 23.7. The van der Waals surface area contributed by atoms with Gasteiger partial charge < -0.3 is 18.9 Å². The van der Waals surface area contributed by atoms with Gasteiger partial charge in [-0.1, -0.05) is 65.7 Å². The lowest BCUT2D eigenvalue weighted by Gasteiger charge is -2.47. The molecule has 0 radical (unpaired) electrons. The lowest BCUT2D eigenvalue weighted by Crippen LogP contribution is -2.64. The van der Waals surface area contributed by atoms with Crippen LogP contribution in [0.1, 0.15) is 23.0 Å². The van der Waals surface area contributed by atoms with Crippen molar-refractivity contribution in [2.45, 2.75) is 60.6 Å². The number of hydrogen-bond acceptors (Lipinski definition) is 10. The normalized spacial score (nSPS) is 27.2. The maximum Gasteiger partial charge on any atom is 0.297 e. The zero-order chi connectivity index (χ0) is 28.5. The molecule has 0 saturated carbocycles. The Labute approximate surface area is 234 Å². The summed E-state index contributed by atoms with van der Waals surface area (Å²) in [6.07, 6.45) is -7.17. The van der Waals surface area contributed by atoms with Gasteiger partial charge in [-0.25, -0.2) is 0 Å². The summed E-state index contributed by atoms with van der Waals surface area (Å²) < 4.78 is 88.4. The van der Waals surface area contributed by atoms with E-state index in [4.69, 9.17) is 27.3 Å². The summed E-state index contributed by atoms with van der Waals surface area (Å²) in [4.78, 5) is -0.229. The van der Waals surface area contributed by atoms with E-state index in [1.807, 2.05) is 32.0 Å². The molecule has 2 aliphatic heterocycles. The van der Waals surface area contributed by atoms with Crippen LogP contribution in [-0.4, -0.2) is 61.3 Å². The molecule has 3 aromatic rings. The van der Waals surface area contributed by atoms with Crippen LogP contribution in [0.4, 0.5) is 0 Å². The van der Waals surface area contributed by atoms with Crippen molar-refractivity contribution in [2.75, 3.05) is 13.7 Å². The predicted molar refractivity (Wildman–Crippen MR) is 142 cm³/mol. The van der Waals surface area contributed by atoms with Crippen molar-refractivity contribution in [1.29, 1.82) is 0 Å². The van der Waals surface area contributed by atoms with Crippen LogP contribution in [-0.2, 0) is 47.5 Å². The van der Waals surface area contributed by atoms with Gasteiger partial charge in [-0.15, -0.1) is 0 Å². The third kappa shape index (κ3) is 6.14. The average Bonchev–Trinajstić information content (AvgIpc) is 2.94. The van der Waals surface area contributed by atoms with Crippen molar-refractivity contribution >= 4 is 20.2 Å². The minimum Gasteiger partial charge on any atom is -0.353 e. The Morgan fingerprint density at radius 2 is 1.23 bits per heavy atom. The molecule has 2 heterocycles. The van der Waals surface area contributed by atoms with E-state index in [1.54, 1.807) is 36.4 Å². The van der Waals surface area contributed by atoms with Gasteiger partial charge in [0, 0.05) is 12.7 Å². The Kier molecular flexibility index (Phi) is 8.41. The van der Waals surface area contributed by atoms with Gasteiger partial charge in [0.2, 0.25) is 0 Å². The molecule has 5 rings (SSSR count). The van der Waals surface area contributed by atoms with E-state index in [0.717, 1.165) is 11.1 Å². The SMILES string of the molecule is CO[C@H]1O[C@@H]2CO[C@H](c3ccccc3)O[C@H]2[C@@H](OS(=O)(=O)c2ccc(C)cc2)[C@H]1OS(=O)(=O)c1ccc(C)cc1. The first-order valence-corrected chi connectivity index (χ1v) is 15.4. The molecule has 0 aromatic heterocycles. The maximum atomic E-state index is 13.5. The van der Waals surface area contributed by atoms with Crippen molar-refractivity contribution in [3.05, 3.63) is 95.6 Å². The first-order valence-electron chi connectivity index (χ1n) is 12.6. The molecule has 0 unspecified atom stereocenters. The fourth-order valence-electron chi connectivity index (χ4n) is 4.54. The van der Waals surface area contributed by atoms with Gasteiger partial charge >= 0.3 is 0 Å². The molecule has 2 saturated heterocycles. The van der Waals surface area contributed by atoms with Gasteiger partial charge in [0.05, 0.1) is 16.4 Å². The molecule has 214 valence electrons. The molecular formula is C28H30O10S2. The van der Waals surface area contributed by atoms with Gasteiger partial charge in [0.25, 0.3) is 20.2 Å². The molecule has 6 atom stereocenters. The van der Waals surface area contributed by atoms with Gasteiger partial charge in [0.15, 0.2) is 18.7 Å². The highest BCUT2D eigenvalue weighted by Crippen LogP contribution is 2.38. The molecule has 0 N–H and O–H groups in total. The molecule has 0 aliphatic carbocycles. The van der Waals surface area contributed by atoms with Crippen LogP contribution < -0.4 is 0 Å². The highest BCUT2D eigenvalue weighted by molar-refractivity contribution is 7.87. The molecule has 40 heavy (non-hydrogen) atoms.